The van der Waals surface area contributed by atoms with Crippen LogP contribution >= 0.6 is 0 Å². The van der Waals surface area contributed by atoms with Crippen molar-refractivity contribution in [3.8, 4) is 0 Å². The summed E-state index contributed by atoms with van der Waals surface area (Å²) in [4.78, 5) is 26.8. The van der Waals surface area contributed by atoms with Gasteiger partial charge in [-0.2, -0.15) is 5.10 Å². The molecule has 0 saturated heterocycles. The topological polar surface area (TPSA) is 103 Å². The highest BCUT2D eigenvalue weighted by atomic mass is 16.6. The third kappa shape index (κ3) is 3.59. The predicted molar refractivity (Wildman–Crippen MR) is 96.1 cm³/mol. The van der Waals surface area contributed by atoms with E-state index < -0.39 is 4.92 Å². The van der Waals surface area contributed by atoms with Gasteiger partial charge in [-0.15, -0.1) is 0 Å². The van der Waals surface area contributed by atoms with Crippen LogP contribution in [0.3, 0.4) is 0 Å². The normalized spacial score (nSPS) is 10.5. The second-order valence-electron chi connectivity index (χ2n) is 5.83. The highest BCUT2D eigenvalue weighted by Crippen LogP contribution is 2.22. The molecule has 2 aromatic heterocycles. The van der Waals surface area contributed by atoms with E-state index in [1.54, 1.807) is 67.3 Å². The lowest BCUT2D eigenvalue weighted by Gasteiger charge is -2.07. The van der Waals surface area contributed by atoms with E-state index in [4.69, 9.17) is 0 Å². The van der Waals surface area contributed by atoms with Crippen LogP contribution in [0.2, 0.25) is 0 Å². The molecular weight excluding hydrogens is 334 g/mol. The largest absolute Gasteiger partial charge is 0.321 e. The maximum Gasteiger partial charge on any atom is 0.312 e. The van der Waals surface area contributed by atoms with Gasteiger partial charge in [-0.25, -0.2) is 0 Å². The molecule has 0 saturated carbocycles. The number of anilines is 1. The first kappa shape index (κ1) is 17.3. The number of hydrogen-bond donors (Lipinski definition) is 1. The Balaban J connectivity index is 1.73. The fraction of sp³-hybridized carbons (Fsp3) is 0.167. The van der Waals surface area contributed by atoms with E-state index in [9.17, 15) is 14.9 Å². The molecule has 0 unspecified atom stereocenters. The number of nitrogens with zero attached hydrogens (tertiary/aromatic N) is 4. The highest BCUT2D eigenvalue weighted by molar-refractivity contribution is 6.04. The minimum absolute atomic E-state index is 0.0393. The third-order valence-electron chi connectivity index (χ3n) is 3.99. The zero-order valence-electron chi connectivity index (χ0n) is 14.3. The molecule has 132 valence electrons. The Morgan fingerprint density at radius 1 is 1.23 bits per heavy atom. The van der Waals surface area contributed by atoms with Crippen molar-refractivity contribution in [1.29, 1.82) is 0 Å². The maximum absolute atomic E-state index is 12.2. The van der Waals surface area contributed by atoms with Crippen LogP contribution in [0.25, 0.3) is 0 Å². The number of aryl methyl sites for hydroxylation is 1. The molecule has 8 nitrogen and oxygen atoms in total. The first-order chi connectivity index (χ1) is 12.5. The van der Waals surface area contributed by atoms with E-state index in [0.717, 1.165) is 5.56 Å². The Hall–Kier alpha value is -3.55. The lowest BCUT2D eigenvalue weighted by atomic mass is 10.1. The summed E-state index contributed by atoms with van der Waals surface area (Å²) in [5, 5.41) is 18.1. The van der Waals surface area contributed by atoms with Gasteiger partial charge >= 0.3 is 5.69 Å². The van der Waals surface area contributed by atoms with Crippen LogP contribution in [0.1, 0.15) is 27.3 Å². The molecule has 1 aromatic carbocycles. The number of aromatic nitrogens is 3. The molecule has 0 radical (unpaired) electrons. The summed E-state index contributed by atoms with van der Waals surface area (Å²) < 4.78 is 1.60. The molecule has 0 bridgehead atoms. The second kappa shape index (κ2) is 7.14. The number of nitro groups is 1. The molecule has 2 heterocycles. The first-order valence-corrected chi connectivity index (χ1v) is 7.94. The molecule has 0 aliphatic rings. The van der Waals surface area contributed by atoms with Crippen LogP contribution in [0.5, 0.6) is 0 Å². The summed E-state index contributed by atoms with van der Waals surface area (Å²) in [5.41, 5.74) is 2.96. The smallest absolute Gasteiger partial charge is 0.312 e. The predicted octanol–water partition coefficient (Wildman–Crippen LogP) is 3.10. The van der Waals surface area contributed by atoms with Crippen LogP contribution in [-0.4, -0.2) is 25.6 Å². The fourth-order valence-electron chi connectivity index (χ4n) is 2.68. The SMILES string of the molecule is Cc1nn(Cc2ccc(C(=O)Nc3cccnc3)cc2)c(C)c1[N+](=O)[O-]. The molecule has 26 heavy (non-hydrogen) atoms. The summed E-state index contributed by atoms with van der Waals surface area (Å²) in [7, 11) is 0. The summed E-state index contributed by atoms with van der Waals surface area (Å²) in [5.74, 6) is -0.230. The lowest BCUT2D eigenvalue weighted by Crippen LogP contribution is -2.12. The van der Waals surface area contributed by atoms with E-state index in [2.05, 4.69) is 15.4 Å². The Bertz CT molecular complexity index is 949. The Labute approximate surface area is 149 Å². The second-order valence-corrected chi connectivity index (χ2v) is 5.83. The first-order valence-electron chi connectivity index (χ1n) is 7.94. The van der Waals surface area contributed by atoms with Gasteiger partial charge in [-0.3, -0.25) is 24.6 Å². The molecule has 3 aromatic rings. The minimum atomic E-state index is -0.417. The number of rotatable bonds is 5. The van der Waals surface area contributed by atoms with Gasteiger partial charge in [-0.05, 0) is 43.7 Å². The van der Waals surface area contributed by atoms with Crippen LogP contribution in [0.4, 0.5) is 11.4 Å². The number of carbonyl (C=O) groups is 1. The molecule has 0 fully saturated rings. The van der Waals surface area contributed by atoms with Gasteiger partial charge in [0.2, 0.25) is 0 Å². The number of hydrogen-bond acceptors (Lipinski definition) is 5. The Morgan fingerprint density at radius 2 is 1.96 bits per heavy atom. The van der Waals surface area contributed by atoms with Gasteiger partial charge in [0.25, 0.3) is 5.91 Å². The highest BCUT2D eigenvalue weighted by Gasteiger charge is 2.21. The van der Waals surface area contributed by atoms with E-state index in [0.29, 0.717) is 29.2 Å². The van der Waals surface area contributed by atoms with Crippen molar-refractivity contribution >= 4 is 17.3 Å². The Kier molecular flexibility index (Phi) is 4.74. The molecule has 0 aliphatic heterocycles. The average molecular weight is 351 g/mol. The molecule has 3 rings (SSSR count). The van der Waals surface area contributed by atoms with Gasteiger partial charge in [0, 0.05) is 11.8 Å². The van der Waals surface area contributed by atoms with Crippen LogP contribution < -0.4 is 5.32 Å². The van der Waals surface area contributed by atoms with Crippen LogP contribution in [0, 0.1) is 24.0 Å². The third-order valence-corrected chi connectivity index (χ3v) is 3.99. The van der Waals surface area contributed by atoms with Gasteiger partial charge in [-0.1, -0.05) is 12.1 Å². The Morgan fingerprint density at radius 3 is 2.54 bits per heavy atom. The van der Waals surface area contributed by atoms with Crippen molar-refractivity contribution in [2.24, 2.45) is 0 Å². The van der Waals surface area contributed by atoms with Gasteiger partial charge in [0.15, 0.2) is 0 Å². The van der Waals surface area contributed by atoms with Crippen molar-refractivity contribution < 1.29 is 9.72 Å². The quantitative estimate of drug-likeness (QED) is 0.562. The van der Waals surface area contributed by atoms with Crippen LogP contribution in [0.15, 0.2) is 48.8 Å². The van der Waals surface area contributed by atoms with E-state index in [-0.39, 0.29) is 11.6 Å². The molecule has 0 aliphatic carbocycles. The van der Waals surface area contributed by atoms with Gasteiger partial charge in [0.1, 0.15) is 11.4 Å². The van der Waals surface area contributed by atoms with Crippen LogP contribution in [-0.2, 0) is 6.54 Å². The zero-order chi connectivity index (χ0) is 18.7. The number of nitrogens with one attached hydrogen (secondary N) is 1. The number of carbonyl (C=O) groups excluding carboxylic acids is 1. The maximum atomic E-state index is 12.2. The van der Waals surface area contributed by atoms with Crippen molar-refractivity contribution in [1.82, 2.24) is 14.8 Å². The zero-order valence-corrected chi connectivity index (χ0v) is 14.3. The average Bonchev–Trinajstić information content (AvgIpc) is 2.90. The molecule has 1 amide bonds. The molecule has 1 N–H and O–H groups in total. The number of amides is 1. The van der Waals surface area contributed by atoms with Gasteiger partial charge < -0.3 is 5.32 Å². The lowest BCUT2D eigenvalue weighted by molar-refractivity contribution is -0.386. The molecule has 8 heteroatoms. The summed E-state index contributed by atoms with van der Waals surface area (Å²) in [6, 6.07) is 10.5. The van der Waals surface area contributed by atoms with Crippen molar-refractivity contribution in [3.05, 3.63) is 81.4 Å². The number of pyridine rings is 1. The summed E-state index contributed by atoms with van der Waals surface area (Å²) in [6.45, 7) is 3.69. The molecule has 0 spiro atoms. The van der Waals surface area contributed by atoms with E-state index >= 15 is 0 Å². The fourth-order valence-corrected chi connectivity index (χ4v) is 2.68. The van der Waals surface area contributed by atoms with E-state index in [1.807, 2.05) is 0 Å². The monoisotopic (exact) mass is 351 g/mol. The summed E-state index contributed by atoms with van der Waals surface area (Å²) >= 11 is 0. The van der Waals surface area contributed by atoms with Crippen molar-refractivity contribution in [2.45, 2.75) is 20.4 Å². The summed E-state index contributed by atoms with van der Waals surface area (Å²) in [6.07, 6.45) is 3.20. The molecular formula is C18H17N5O3. The number of benzene rings is 1. The standard InChI is InChI=1S/C18H17N5O3/c1-12-17(23(25)26)13(2)22(21-12)11-14-5-7-15(8-6-14)18(24)20-16-4-3-9-19-10-16/h3-10H,11H2,1-2H3,(H,20,24). The van der Waals surface area contributed by atoms with Gasteiger partial charge in [0.05, 0.1) is 23.4 Å². The molecule has 0 atom stereocenters. The van der Waals surface area contributed by atoms with Crippen molar-refractivity contribution in [2.75, 3.05) is 5.32 Å². The minimum Gasteiger partial charge on any atom is -0.321 e. The van der Waals surface area contributed by atoms with E-state index in [1.165, 1.54) is 0 Å². The van der Waals surface area contributed by atoms with Crippen molar-refractivity contribution in [3.63, 3.8) is 0 Å².